The molecule has 0 atom stereocenters. The molecule has 0 amide bonds. The summed E-state index contributed by atoms with van der Waals surface area (Å²) >= 11 is 6.66. The normalized spacial score (nSPS) is 10.2. The van der Waals surface area contributed by atoms with Crippen LogP contribution in [0.25, 0.3) is 0 Å². The van der Waals surface area contributed by atoms with E-state index >= 15 is 0 Å². The van der Waals surface area contributed by atoms with Crippen molar-refractivity contribution in [3.05, 3.63) is 22.2 Å². The van der Waals surface area contributed by atoms with Crippen LogP contribution in [0.3, 0.4) is 0 Å². The van der Waals surface area contributed by atoms with E-state index in [0.29, 0.717) is 6.07 Å². The summed E-state index contributed by atoms with van der Waals surface area (Å²) < 4.78 is 25.3. The first-order chi connectivity index (χ1) is 5.04. The average molecular weight is 240 g/mol. The van der Waals surface area contributed by atoms with Crippen LogP contribution in [-0.2, 0) is 0 Å². The zero-order chi connectivity index (χ0) is 8.59. The molecule has 0 aliphatic carbocycles. The van der Waals surface area contributed by atoms with Crippen LogP contribution in [-0.4, -0.2) is 0 Å². The summed E-state index contributed by atoms with van der Waals surface area (Å²) in [6, 6.07) is 0.707. The number of rotatable bonds is 0. The van der Waals surface area contributed by atoms with Crippen molar-refractivity contribution in [2.24, 2.45) is 0 Å². The molecule has 1 aromatic rings. The topological polar surface area (TPSA) is 26.0 Å². The molecule has 60 valence electrons. The highest BCUT2D eigenvalue weighted by molar-refractivity contribution is 9.10. The summed E-state index contributed by atoms with van der Waals surface area (Å²) in [5, 5.41) is 0. The molecule has 0 aromatic heterocycles. The van der Waals surface area contributed by atoms with Gasteiger partial charge in [-0.1, -0.05) is 0 Å². The number of nitrogens with two attached hydrogens (primary N) is 1. The highest BCUT2D eigenvalue weighted by atomic mass is 79.9. The fourth-order valence-corrected chi connectivity index (χ4v) is 1.14. The highest BCUT2D eigenvalue weighted by Crippen LogP contribution is 2.30. The predicted molar refractivity (Wildman–Crippen MR) is 45.7 cm³/mol. The minimum absolute atomic E-state index is 0.0831. The maximum atomic E-state index is 12.6. The van der Waals surface area contributed by atoms with E-state index in [0.717, 1.165) is 0 Å². The maximum absolute atomic E-state index is 12.6. The van der Waals surface area contributed by atoms with Crippen LogP contribution < -0.4 is 5.73 Å². The Hall–Kier alpha value is -0.290. The van der Waals surface area contributed by atoms with E-state index in [4.69, 9.17) is 5.73 Å². The molecule has 0 saturated carbocycles. The van der Waals surface area contributed by atoms with Crippen LogP contribution >= 0.6 is 28.6 Å². The molecule has 5 heteroatoms. The molecule has 0 saturated heterocycles. The smallest absolute Gasteiger partial charge is 0.150 e. The van der Waals surface area contributed by atoms with Crippen molar-refractivity contribution in [2.45, 2.75) is 4.90 Å². The fourth-order valence-electron chi connectivity index (χ4n) is 0.597. The van der Waals surface area contributed by atoms with Gasteiger partial charge in [0, 0.05) is 11.0 Å². The Bertz CT molecular complexity index is 277. The van der Waals surface area contributed by atoms with Gasteiger partial charge in [-0.2, -0.15) is 0 Å². The lowest BCUT2D eigenvalue weighted by atomic mass is 10.3. The largest absolute Gasteiger partial charge is 0.395 e. The Labute approximate surface area is 76.1 Å². The number of nitrogen functional groups attached to an aromatic ring is 1. The lowest BCUT2D eigenvalue weighted by molar-refractivity contribution is 0.576. The van der Waals surface area contributed by atoms with Crippen LogP contribution in [0.1, 0.15) is 0 Å². The first-order valence-corrected chi connectivity index (χ1v) is 3.90. The van der Waals surface area contributed by atoms with Gasteiger partial charge in [-0.3, -0.25) is 0 Å². The summed E-state index contributed by atoms with van der Waals surface area (Å²) in [6.07, 6.45) is 0. The van der Waals surface area contributed by atoms with Gasteiger partial charge in [-0.25, -0.2) is 8.78 Å². The van der Waals surface area contributed by atoms with Crippen molar-refractivity contribution >= 4 is 34.2 Å². The van der Waals surface area contributed by atoms with E-state index < -0.39 is 11.6 Å². The van der Waals surface area contributed by atoms with Crippen LogP contribution in [0.2, 0.25) is 0 Å². The summed E-state index contributed by atoms with van der Waals surface area (Å²) in [4.78, 5) is 0.0856. The number of halogens is 3. The number of benzene rings is 1. The molecular formula is C6H4BrF2NS. The Morgan fingerprint density at radius 2 is 1.91 bits per heavy atom. The van der Waals surface area contributed by atoms with Gasteiger partial charge in [-0.15, -0.1) is 12.6 Å². The third-order valence-electron chi connectivity index (χ3n) is 1.18. The summed E-state index contributed by atoms with van der Waals surface area (Å²) in [7, 11) is 0. The van der Waals surface area contributed by atoms with E-state index in [1.807, 2.05) is 0 Å². The molecule has 0 heterocycles. The quantitative estimate of drug-likeness (QED) is 0.407. The zero-order valence-electron chi connectivity index (χ0n) is 5.24. The van der Waals surface area contributed by atoms with Gasteiger partial charge in [0.05, 0.1) is 10.2 Å². The molecule has 2 N–H and O–H groups in total. The first-order valence-electron chi connectivity index (χ1n) is 2.66. The van der Waals surface area contributed by atoms with Crippen LogP contribution in [0, 0.1) is 11.6 Å². The van der Waals surface area contributed by atoms with Crippen molar-refractivity contribution in [2.75, 3.05) is 5.73 Å². The molecule has 0 unspecified atom stereocenters. The van der Waals surface area contributed by atoms with Crippen LogP contribution in [0.15, 0.2) is 15.4 Å². The van der Waals surface area contributed by atoms with Crippen LogP contribution in [0.5, 0.6) is 0 Å². The van der Waals surface area contributed by atoms with E-state index in [-0.39, 0.29) is 15.1 Å². The molecule has 0 aliphatic rings. The van der Waals surface area contributed by atoms with Crippen molar-refractivity contribution in [3.8, 4) is 0 Å². The second-order valence-corrected chi connectivity index (χ2v) is 3.16. The summed E-state index contributed by atoms with van der Waals surface area (Å²) in [6.45, 7) is 0. The maximum Gasteiger partial charge on any atom is 0.150 e. The number of anilines is 1. The molecule has 1 rings (SSSR count). The van der Waals surface area contributed by atoms with Crippen LogP contribution in [0.4, 0.5) is 14.5 Å². The minimum atomic E-state index is -0.796. The Balaban J connectivity index is 3.46. The standard InChI is InChI=1S/C6H4BrF2NS/c7-4-2(8)1-3(9)5(10)6(4)11/h1,11H,10H2. The van der Waals surface area contributed by atoms with E-state index in [1.165, 1.54) is 0 Å². The van der Waals surface area contributed by atoms with Crippen molar-refractivity contribution < 1.29 is 8.78 Å². The highest BCUT2D eigenvalue weighted by Gasteiger charge is 2.10. The fraction of sp³-hybridized carbons (Fsp3) is 0. The first kappa shape index (κ1) is 8.80. The number of hydrogen-bond donors (Lipinski definition) is 2. The van der Waals surface area contributed by atoms with Gasteiger partial charge >= 0.3 is 0 Å². The monoisotopic (exact) mass is 239 g/mol. The SMILES string of the molecule is Nc1c(F)cc(F)c(Br)c1S. The summed E-state index contributed by atoms with van der Waals surface area (Å²) in [5.41, 5.74) is 5.05. The summed E-state index contributed by atoms with van der Waals surface area (Å²) in [5.74, 6) is -1.50. The Kier molecular flexibility index (Phi) is 2.39. The van der Waals surface area contributed by atoms with E-state index in [9.17, 15) is 8.78 Å². The van der Waals surface area contributed by atoms with Gasteiger partial charge in [-0.05, 0) is 15.9 Å². The third kappa shape index (κ3) is 1.49. The van der Waals surface area contributed by atoms with Gasteiger partial charge in [0.2, 0.25) is 0 Å². The molecule has 0 bridgehead atoms. The van der Waals surface area contributed by atoms with Crippen molar-refractivity contribution in [1.29, 1.82) is 0 Å². The molecule has 0 fully saturated rings. The lowest BCUT2D eigenvalue weighted by Gasteiger charge is -2.03. The average Bonchev–Trinajstić information content (AvgIpc) is 1.97. The Morgan fingerprint density at radius 1 is 1.36 bits per heavy atom. The molecule has 1 aromatic carbocycles. The van der Waals surface area contributed by atoms with Gasteiger partial charge in [0.15, 0.2) is 0 Å². The van der Waals surface area contributed by atoms with E-state index in [1.54, 1.807) is 0 Å². The molecule has 11 heavy (non-hydrogen) atoms. The van der Waals surface area contributed by atoms with E-state index in [2.05, 4.69) is 28.6 Å². The van der Waals surface area contributed by atoms with Gasteiger partial charge in [0.1, 0.15) is 11.6 Å². The second kappa shape index (κ2) is 2.98. The molecule has 0 radical (unpaired) electrons. The number of hydrogen-bond acceptors (Lipinski definition) is 2. The zero-order valence-corrected chi connectivity index (χ0v) is 7.72. The Morgan fingerprint density at radius 3 is 2.45 bits per heavy atom. The second-order valence-electron chi connectivity index (χ2n) is 1.92. The minimum Gasteiger partial charge on any atom is -0.395 e. The molecule has 0 spiro atoms. The third-order valence-corrected chi connectivity index (χ3v) is 2.73. The molecule has 0 aliphatic heterocycles. The van der Waals surface area contributed by atoms with Gasteiger partial charge < -0.3 is 5.73 Å². The van der Waals surface area contributed by atoms with Crippen molar-refractivity contribution in [3.63, 3.8) is 0 Å². The lowest BCUT2D eigenvalue weighted by Crippen LogP contribution is -1.95. The predicted octanol–water partition coefficient (Wildman–Crippen LogP) is 2.60. The van der Waals surface area contributed by atoms with Crippen molar-refractivity contribution in [1.82, 2.24) is 0 Å². The molecule has 1 nitrogen and oxygen atoms in total. The molecular weight excluding hydrogens is 236 g/mol. The number of thiol groups is 1. The van der Waals surface area contributed by atoms with Gasteiger partial charge in [0.25, 0.3) is 0 Å².